The number of hydrogen-bond acceptors (Lipinski definition) is 7. The monoisotopic (exact) mass is 486 g/mol. The van der Waals surface area contributed by atoms with Crippen LogP contribution in [0.25, 0.3) is 10.2 Å². The van der Waals surface area contributed by atoms with E-state index in [9.17, 15) is 13.2 Å². The van der Waals surface area contributed by atoms with E-state index in [4.69, 9.17) is 4.98 Å². The summed E-state index contributed by atoms with van der Waals surface area (Å²) in [5.41, 5.74) is 3.58. The molecule has 1 amide bonds. The van der Waals surface area contributed by atoms with Crippen LogP contribution in [0.4, 0.5) is 5.13 Å². The number of rotatable bonds is 8. The van der Waals surface area contributed by atoms with Crippen LogP contribution in [0.15, 0.2) is 47.4 Å². The lowest BCUT2D eigenvalue weighted by Crippen LogP contribution is -2.48. The Morgan fingerprint density at radius 2 is 1.82 bits per heavy atom. The Kier molecular flexibility index (Phi) is 7.31. The number of sulfone groups is 1. The largest absolute Gasteiger partial charge is 0.355 e. The van der Waals surface area contributed by atoms with Gasteiger partial charge in [0.2, 0.25) is 5.91 Å². The summed E-state index contributed by atoms with van der Waals surface area (Å²) in [6.07, 6.45) is -0.0263. The number of nitrogens with zero attached hydrogens (tertiary/aromatic N) is 3. The third kappa shape index (κ3) is 5.90. The van der Waals surface area contributed by atoms with Crippen molar-refractivity contribution in [2.45, 2.75) is 25.2 Å². The Morgan fingerprint density at radius 1 is 1.09 bits per heavy atom. The standard InChI is InChI=1S/C24H30N4O3S2/c1-18-16-19(2)23-21(17-18)32-24(26-23)28-13-11-27(12-14-28)10-9-25-22(29)8-15-33(30,31)20-6-4-3-5-7-20/h3-7,16-17H,8-15H2,1-2H3,(H,25,29). The molecule has 0 bridgehead atoms. The molecule has 1 N–H and O–H groups in total. The zero-order chi connectivity index (χ0) is 23.4. The first-order chi connectivity index (χ1) is 15.8. The van der Waals surface area contributed by atoms with Crippen molar-refractivity contribution < 1.29 is 13.2 Å². The molecular weight excluding hydrogens is 456 g/mol. The molecule has 33 heavy (non-hydrogen) atoms. The molecule has 0 aliphatic carbocycles. The molecule has 176 valence electrons. The van der Waals surface area contributed by atoms with Crippen molar-refractivity contribution in [2.24, 2.45) is 0 Å². The quantitative estimate of drug-likeness (QED) is 0.527. The number of amides is 1. The average Bonchev–Trinajstić information content (AvgIpc) is 3.23. The van der Waals surface area contributed by atoms with Crippen LogP contribution in [0.3, 0.4) is 0 Å². The van der Waals surface area contributed by atoms with E-state index < -0.39 is 9.84 Å². The minimum Gasteiger partial charge on any atom is -0.355 e. The predicted octanol–water partition coefficient (Wildman–Crippen LogP) is 3.02. The third-order valence-corrected chi connectivity index (χ3v) is 8.71. The molecule has 1 aliphatic rings. The number of fused-ring (bicyclic) bond motifs is 1. The molecule has 0 atom stereocenters. The van der Waals surface area contributed by atoms with Crippen LogP contribution in [0.2, 0.25) is 0 Å². The summed E-state index contributed by atoms with van der Waals surface area (Å²) in [7, 11) is -3.43. The summed E-state index contributed by atoms with van der Waals surface area (Å²) in [6, 6.07) is 12.6. The number of nitrogens with one attached hydrogen (secondary N) is 1. The van der Waals surface area contributed by atoms with Gasteiger partial charge in [-0.2, -0.15) is 0 Å². The smallest absolute Gasteiger partial charge is 0.221 e. The van der Waals surface area contributed by atoms with Crippen molar-refractivity contribution in [2.75, 3.05) is 49.9 Å². The van der Waals surface area contributed by atoms with Crippen LogP contribution in [0.1, 0.15) is 17.5 Å². The average molecular weight is 487 g/mol. The minimum absolute atomic E-state index is 0.0263. The number of aryl methyl sites for hydroxylation is 2. The number of carbonyl (C=O) groups is 1. The summed E-state index contributed by atoms with van der Waals surface area (Å²) >= 11 is 1.75. The Labute approximate surface area is 199 Å². The normalized spacial score (nSPS) is 15.2. The van der Waals surface area contributed by atoms with Gasteiger partial charge in [-0.1, -0.05) is 35.6 Å². The minimum atomic E-state index is -3.43. The number of hydrogen-bond donors (Lipinski definition) is 1. The molecule has 1 aliphatic heterocycles. The van der Waals surface area contributed by atoms with E-state index in [0.717, 1.165) is 43.4 Å². The molecular formula is C24H30N4O3S2. The summed E-state index contributed by atoms with van der Waals surface area (Å²) in [5.74, 6) is -0.406. The summed E-state index contributed by atoms with van der Waals surface area (Å²) in [4.78, 5) is 21.9. The first-order valence-corrected chi connectivity index (χ1v) is 13.7. The fourth-order valence-corrected chi connectivity index (χ4v) is 6.53. The van der Waals surface area contributed by atoms with E-state index in [2.05, 4.69) is 41.1 Å². The van der Waals surface area contributed by atoms with Gasteiger partial charge in [-0.05, 0) is 43.2 Å². The lowest BCUT2D eigenvalue weighted by molar-refractivity contribution is -0.120. The Balaban J connectivity index is 1.19. The number of benzene rings is 2. The Morgan fingerprint density at radius 3 is 2.55 bits per heavy atom. The summed E-state index contributed by atoms with van der Waals surface area (Å²) in [5, 5.41) is 3.93. The van der Waals surface area contributed by atoms with E-state index >= 15 is 0 Å². The molecule has 3 aromatic rings. The van der Waals surface area contributed by atoms with Gasteiger partial charge in [-0.3, -0.25) is 9.69 Å². The highest BCUT2D eigenvalue weighted by Gasteiger charge is 2.21. The fourth-order valence-electron chi connectivity index (χ4n) is 4.07. The Hall–Kier alpha value is -2.49. The van der Waals surface area contributed by atoms with Gasteiger partial charge < -0.3 is 10.2 Å². The van der Waals surface area contributed by atoms with Crippen LogP contribution in [0.5, 0.6) is 0 Å². The molecule has 0 spiro atoms. The van der Waals surface area contributed by atoms with E-state index in [0.29, 0.717) is 6.54 Å². The number of piperazine rings is 1. The zero-order valence-electron chi connectivity index (χ0n) is 19.1. The molecule has 1 saturated heterocycles. The zero-order valence-corrected chi connectivity index (χ0v) is 20.7. The molecule has 9 heteroatoms. The van der Waals surface area contributed by atoms with Crippen LogP contribution in [0, 0.1) is 13.8 Å². The van der Waals surface area contributed by atoms with Crippen LogP contribution >= 0.6 is 11.3 Å². The Bertz CT molecular complexity index is 1220. The summed E-state index contributed by atoms with van der Waals surface area (Å²) < 4.78 is 25.8. The maximum Gasteiger partial charge on any atom is 0.221 e. The number of thiazole rings is 1. The van der Waals surface area contributed by atoms with E-state index in [1.54, 1.807) is 41.7 Å². The van der Waals surface area contributed by atoms with Gasteiger partial charge in [0.15, 0.2) is 15.0 Å². The lowest BCUT2D eigenvalue weighted by atomic mass is 10.1. The van der Waals surface area contributed by atoms with Crippen molar-refractivity contribution in [1.82, 2.24) is 15.2 Å². The van der Waals surface area contributed by atoms with Crippen molar-refractivity contribution in [3.63, 3.8) is 0 Å². The van der Waals surface area contributed by atoms with Crippen LogP contribution in [-0.2, 0) is 14.6 Å². The molecule has 1 aromatic heterocycles. The second-order valence-electron chi connectivity index (χ2n) is 8.49. The van der Waals surface area contributed by atoms with Crippen molar-refractivity contribution in [3.8, 4) is 0 Å². The van der Waals surface area contributed by atoms with Gasteiger partial charge in [0.05, 0.1) is 20.9 Å². The van der Waals surface area contributed by atoms with E-state index in [-0.39, 0.29) is 23.0 Å². The molecule has 2 heterocycles. The van der Waals surface area contributed by atoms with E-state index in [1.165, 1.54) is 15.8 Å². The van der Waals surface area contributed by atoms with Crippen LogP contribution in [-0.4, -0.2) is 69.2 Å². The molecule has 0 unspecified atom stereocenters. The highest BCUT2D eigenvalue weighted by molar-refractivity contribution is 7.91. The van der Waals surface area contributed by atoms with Gasteiger partial charge in [-0.15, -0.1) is 0 Å². The number of aromatic nitrogens is 1. The molecule has 4 rings (SSSR count). The predicted molar refractivity (Wildman–Crippen MR) is 134 cm³/mol. The third-order valence-electron chi connectivity index (χ3n) is 5.91. The molecule has 2 aromatic carbocycles. The molecule has 0 radical (unpaired) electrons. The maximum absolute atomic E-state index is 12.3. The summed E-state index contributed by atoms with van der Waals surface area (Å²) in [6.45, 7) is 9.13. The maximum atomic E-state index is 12.3. The lowest BCUT2D eigenvalue weighted by Gasteiger charge is -2.34. The SMILES string of the molecule is Cc1cc(C)c2nc(N3CCN(CCNC(=O)CCS(=O)(=O)c4ccccc4)CC3)sc2c1. The molecule has 1 fully saturated rings. The number of carbonyl (C=O) groups excluding carboxylic acids is 1. The van der Waals surface area contributed by atoms with E-state index in [1.807, 2.05) is 0 Å². The molecule has 7 nitrogen and oxygen atoms in total. The van der Waals surface area contributed by atoms with Crippen molar-refractivity contribution in [3.05, 3.63) is 53.6 Å². The molecule has 0 saturated carbocycles. The first-order valence-electron chi connectivity index (χ1n) is 11.2. The highest BCUT2D eigenvalue weighted by Crippen LogP contribution is 2.32. The van der Waals surface area contributed by atoms with Gasteiger partial charge in [0.1, 0.15) is 0 Å². The van der Waals surface area contributed by atoms with Gasteiger partial charge in [0, 0.05) is 45.7 Å². The van der Waals surface area contributed by atoms with Crippen molar-refractivity contribution in [1.29, 1.82) is 0 Å². The first kappa shape index (κ1) is 23.7. The topological polar surface area (TPSA) is 82.6 Å². The van der Waals surface area contributed by atoms with Crippen molar-refractivity contribution >= 4 is 42.4 Å². The van der Waals surface area contributed by atoms with Gasteiger partial charge in [-0.25, -0.2) is 13.4 Å². The van der Waals surface area contributed by atoms with Gasteiger partial charge in [0.25, 0.3) is 0 Å². The fraction of sp³-hybridized carbons (Fsp3) is 0.417. The van der Waals surface area contributed by atoms with Gasteiger partial charge >= 0.3 is 0 Å². The second-order valence-corrected chi connectivity index (χ2v) is 11.6. The number of anilines is 1. The second kappa shape index (κ2) is 10.2. The van der Waals surface area contributed by atoms with Crippen LogP contribution < -0.4 is 10.2 Å². The highest BCUT2D eigenvalue weighted by atomic mass is 32.2.